The second kappa shape index (κ2) is 6.49. The number of amides is 2. The van der Waals surface area contributed by atoms with Crippen molar-refractivity contribution in [3.05, 3.63) is 40.9 Å². The number of carbonyl (C=O) groups excluding carboxylic acids is 1. The molecule has 2 amide bonds. The van der Waals surface area contributed by atoms with Crippen molar-refractivity contribution in [2.75, 3.05) is 25.3 Å². The largest absolute Gasteiger partial charge is 0.328 e. The molecular formula is C17H23N5OS. The number of hydrogen-bond donors (Lipinski definition) is 0. The Balaban J connectivity index is 1.79. The molecule has 1 fully saturated rings. The van der Waals surface area contributed by atoms with E-state index in [2.05, 4.69) is 48.0 Å². The van der Waals surface area contributed by atoms with Crippen molar-refractivity contribution < 1.29 is 4.79 Å². The molecule has 1 aliphatic heterocycles. The topological polar surface area (TPSA) is 52.6 Å². The van der Waals surface area contributed by atoms with Gasteiger partial charge in [0.1, 0.15) is 5.01 Å². The first-order valence-electron chi connectivity index (χ1n) is 7.97. The Morgan fingerprint density at radius 1 is 1.12 bits per heavy atom. The van der Waals surface area contributed by atoms with Crippen molar-refractivity contribution in [3.8, 4) is 0 Å². The fourth-order valence-corrected chi connectivity index (χ4v) is 3.47. The Morgan fingerprint density at radius 3 is 2.46 bits per heavy atom. The van der Waals surface area contributed by atoms with E-state index in [0.29, 0.717) is 18.5 Å². The number of benzene rings is 1. The summed E-state index contributed by atoms with van der Waals surface area (Å²) in [5.41, 5.74) is 1.16. The van der Waals surface area contributed by atoms with Crippen molar-refractivity contribution in [2.45, 2.75) is 32.7 Å². The maximum Gasteiger partial charge on any atom is 0.328 e. The Morgan fingerprint density at radius 2 is 1.83 bits per heavy atom. The van der Waals surface area contributed by atoms with Gasteiger partial charge < -0.3 is 4.90 Å². The molecule has 2 aromatic rings. The lowest BCUT2D eigenvalue weighted by molar-refractivity contribution is 0.125. The molecule has 0 unspecified atom stereocenters. The van der Waals surface area contributed by atoms with Gasteiger partial charge in [-0.05, 0) is 5.56 Å². The van der Waals surface area contributed by atoms with Crippen LogP contribution in [-0.2, 0) is 12.0 Å². The molecule has 7 heteroatoms. The first-order chi connectivity index (χ1) is 11.3. The van der Waals surface area contributed by atoms with E-state index in [9.17, 15) is 4.79 Å². The van der Waals surface area contributed by atoms with Crippen molar-refractivity contribution in [1.82, 2.24) is 20.0 Å². The molecule has 0 aliphatic carbocycles. The van der Waals surface area contributed by atoms with E-state index in [1.165, 1.54) is 16.9 Å². The number of aromatic nitrogens is 2. The van der Waals surface area contributed by atoms with Crippen LogP contribution in [0, 0.1) is 0 Å². The minimum atomic E-state index is -0.0651. The van der Waals surface area contributed by atoms with E-state index in [1.54, 1.807) is 9.80 Å². The SMILES string of the molecule is CN1CN(Cc2ccccc2)CN(c2nnc(C(C)(C)C)s2)C1=O. The van der Waals surface area contributed by atoms with Gasteiger partial charge in [0.15, 0.2) is 0 Å². The van der Waals surface area contributed by atoms with Gasteiger partial charge in [0.25, 0.3) is 0 Å². The molecule has 0 bridgehead atoms. The molecule has 1 saturated heterocycles. The molecule has 1 aliphatic rings. The van der Waals surface area contributed by atoms with Gasteiger partial charge in [0, 0.05) is 19.0 Å². The maximum absolute atomic E-state index is 12.5. The summed E-state index contributed by atoms with van der Waals surface area (Å²) in [7, 11) is 1.82. The molecular weight excluding hydrogens is 322 g/mol. The predicted molar refractivity (Wildman–Crippen MR) is 96.0 cm³/mol. The average Bonchev–Trinajstić information content (AvgIpc) is 3.01. The molecule has 0 atom stereocenters. The number of carbonyl (C=O) groups is 1. The van der Waals surface area contributed by atoms with Crippen molar-refractivity contribution in [3.63, 3.8) is 0 Å². The van der Waals surface area contributed by atoms with Crippen LogP contribution >= 0.6 is 11.3 Å². The second-order valence-electron chi connectivity index (χ2n) is 7.15. The molecule has 0 N–H and O–H groups in total. The van der Waals surface area contributed by atoms with Crippen LogP contribution in [0.4, 0.5) is 9.93 Å². The van der Waals surface area contributed by atoms with Gasteiger partial charge in [-0.25, -0.2) is 4.79 Å². The lowest BCUT2D eigenvalue weighted by Crippen LogP contribution is -2.56. The molecule has 1 aromatic heterocycles. The van der Waals surface area contributed by atoms with E-state index < -0.39 is 0 Å². The van der Waals surface area contributed by atoms with Gasteiger partial charge in [-0.15, -0.1) is 10.2 Å². The number of hydrogen-bond acceptors (Lipinski definition) is 5. The summed E-state index contributed by atoms with van der Waals surface area (Å²) in [5, 5.41) is 10.1. The minimum absolute atomic E-state index is 0.0316. The fraction of sp³-hybridized carbons (Fsp3) is 0.471. The first kappa shape index (κ1) is 16.9. The molecule has 3 rings (SSSR count). The smallest absolute Gasteiger partial charge is 0.314 e. The van der Waals surface area contributed by atoms with E-state index in [4.69, 9.17) is 0 Å². The molecule has 128 valence electrons. The number of urea groups is 1. The van der Waals surface area contributed by atoms with Crippen LogP contribution in [0.2, 0.25) is 0 Å². The van der Waals surface area contributed by atoms with Gasteiger partial charge in [0.2, 0.25) is 5.13 Å². The number of rotatable bonds is 3. The highest BCUT2D eigenvalue weighted by atomic mass is 32.1. The lowest BCUT2D eigenvalue weighted by atomic mass is 9.98. The third kappa shape index (κ3) is 3.57. The Hall–Kier alpha value is -1.99. The van der Waals surface area contributed by atoms with Crippen LogP contribution in [0.3, 0.4) is 0 Å². The highest BCUT2D eigenvalue weighted by Gasteiger charge is 2.32. The number of anilines is 1. The van der Waals surface area contributed by atoms with Gasteiger partial charge in [-0.1, -0.05) is 62.4 Å². The van der Waals surface area contributed by atoms with Gasteiger partial charge >= 0.3 is 6.03 Å². The quantitative estimate of drug-likeness (QED) is 0.858. The Kier molecular flexibility index (Phi) is 4.56. The van der Waals surface area contributed by atoms with E-state index in [-0.39, 0.29) is 11.4 Å². The molecule has 0 saturated carbocycles. The zero-order valence-electron chi connectivity index (χ0n) is 14.6. The monoisotopic (exact) mass is 345 g/mol. The van der Waals surface area contributed by atoms with E-state index in [1.807, 2.05) is 25.2 Å². The first-order valence-corrected chi connectivity index (χ1v) is 8.79. The summed E-state index contributed by atoms with van der Waals surface area (Å²) in [6.07, 6.45) is 0. The van der Waals surface area contributed by atoms with Crippen LogP contribution in [0.1, 0.15) is 31.3 Å². The molecule has 1 aromatic carbocycles. The normalized spacial score (nSPS) is 16.8. The summed E-state index contributed by atoms with van der Waals surface area (Å²) in [4.78, 5) is 18.2. The zero-order chi connectivity index (χ0) is 17.3. The van der Waals surface area contributed by atoms with Crippen molar-refractivity contribution in [1.29, 1.82) is 0 Å². The van der Waals surface area contributed by atoms with E-state index >= 15 is 0 Å². The third-order valence-corrected chi connectivity index (χ3v) is 5.22. The molecule has 6 nitrogen and oxygen atoms in total. The summed E-state index contributed by atoms with van der Waals surface area (Å²) in [5.74, 6) is 0. The molecule has 2 heterocycles. The molecule has 24 heavy (non-hydrogen) atoms. The van der Waals surface area contributed by atoms with Crippen LogP contribution < -0.4 is 4.90 Å². The predicted octanol–water partition coefficient (Wildman–Crippen LogP) is 3.12. The standard InChI is InChI=1S/C17H23N5OS/c1-17(2,3)14-18-19-15(24-14)22-12-21(11-20(4)16(22)23)10-13-8-6-5-7-9-13/h5-9H,10-12H2,1-4H3. The fourth-order valence-electron chi connectivity index (χ4n) is 2.58. The Labute approximate surface area is 146 Å². The van der Waals surface area contributed by atoms with Gasteiger partial charge in [0.05, 0.1) is 13.3 Å². The summed E-state index contributed by atoms with van der Waals surface area (Å²) >= 11 is 1.49. The summed E-state index contributed by atoms with van der Waals surface area (Å²) in [6.45, 7) is 8.22. The Bertz CT molecular complexity index is 709. The highest BCUT2D eigenvalue weighted by molar-refractivity contribution is 7.15. The second-order valence-corrected chi connectivity index (χ2v) is 8.10. The van der Waals surface area contributed by atoms with Crippen molar-refractivity contribution in [2.24, 2.45) is 0 Å². The maximum atomic E-state index is 12.5. The summed E-state index contributed by atoms with van der Waals surface area (Å²) in [6, 6.07) is 10.2. The third-order valence-electron chi connectivity index (χ3n) is 3.85. The molecule has 0 radical (unpaired) electrons. The van der Waals surface area contributed by atoms with Crippen LogP contribution in [-0.4, -0.2) is 46.4 Å². The van der Waals surface area contributed by atoms with E-state index in [0.717, 1.165) is 11.6 Å². The lowest BCUT2D eigenvalue weighted by Gasteiger charge is -2.39. The summed E-state index contributed by atoms with van der Waals surface area (Å²) < 4.78 is 0. The van der Waals surface area contributed by atoms with Crippen molar-refractivity contribution >= 4 is 22.5 Å². The minimum Gasteiger partial charge on any atom is -0.314 e. The van der Waals surface area contributed by atoms with Crippen LogP contribution in [0.5, 0.6) is 0 Å². The zero-order valence-corrected chi connectivity index (χ0v) is 15.4. The average molecular weight is 345 g/mol. The highest BCUT2D eigenvalue weighted by Crippen LogP contribution is 2.31. The number of nitrogens with zero attached hydrogens (tertiary/aromatic N) is 5. The van der Waals surface area contributed by atoms with Gasteiger partial charge in [-0.2, -0.15) is 0 Å². The van der Waals surface area contributed by atoms with Crippen LogP contribution in [0.25, 0.3) is 0 Å². The van der Waals surface area contributed by atoms with Gasteiger partial charge in [-0.3, -0.25) is 9.80 Å². The molecule has 0 spiro atoms. The van der Waals surface area contributed by atoms with Crippen LogP contribution in [0.15, 0.2) is 30.3 Å².